The van der Waals surface area contributed by atoms with E-state index < -0.39 is 64.0 Å². The van der Waals surface area contributed by atoms with Crippen molar-refractivity contribution >= 4 is 91.9 Å². The van der Waals surface area contributed by atoms with Crippen LogP contribution in [0.25, 0.3) is 32.8 Å². The Hall–Kier alpha value is -7.89. The Labute approximate surface area is 492 Å². The van der Waals surface area contributed by atoms with Crippen LogP contribution in [0.2, 0.25) is 15.1 Å². The normalized spacial score (nSPS) is 18.0. The van der Waals surface area contributed by atoms with Crippen LogP contribution < -0.4 is 31.3 Å². The lowest BCUT2D eigenvalue weighted by Crippen LogP contribution is -2.50. The van der Waals surface area contributed by atoms with Crippen molar-refractivity contribution in [3.63, 3.8) is 0 Å². The van der Waals surface area contributed by atoms with Gasteiger partial charge in [0.05, 0.1) is 29.3 Å². The number of likely N-dealkylation sites (N-methyl/N-ethyl adjacent to an activating group) is 1. The minimum atomic E-state index is -1.82. The molecule has 0 spiro atoms. The smallest absolute Gasteiger partial charge is 0.314 e. The summed E-state index contributed by atoms with van der Waals surface area (Å²) < 4.78 is 55.2. The van der Waals surface area contributed by atoms with Crippen LogP contribution in [0.1, 0.15) is 66.6 Å². The van der Waals surface area contributed by atoms with Crippen molar-refractivity contribution in [3.05, 3.63) is 152 Å². The van der Waals surface area contributed by atoms with Gasteiger partial charge in [-0.2, -0.15) is 10.2 Å². The molecule has 2 fully saturated rings. The maximum absolute atomic E-state index is 17.1. The third-order valence-electron chi connectivity index (χ3n) is 15.4. The molecule has 0 aliphatic carbocycles. The number of carbonyl (C=O) groups excluding carboxylic acids is 4. The molecule has 0 saturated carbocycles. The van der Waals surface area contributed by atoms with Crippen molar-refractivity contribution in [1.82, 2.24) is 30.4 Å². The number of methoxy groups -OCH3 is 1. The summed E-state index contributed by atoms with van der Waals surface area (Å²) in [4.78, 5) is 67.9. The van der Waals surface area contributed by atoms with E-state index in [2.05, 4.69) is 27.0 Å². The van der Waals surface area contributed by atoms with E-state index in [1.807, 2.05) is 25.7 Å². The van der Waals surface area contributed by atoms with Gasteiger partial charge in [0.2, 0.25) is 11.9 Å². The van der Waals surface area contributed by atoms with Crippen LogP contribution in [0.3, 0.4) is 0 Å². The number of amides is 4. The molecule has 2 aliphatic rings. The van der Waals surface area contributed by atoms with Crippen molar-refractivity contribution in [1.29, 1.82) is 5.26 Å². The number of halogens is 6. The Balaban J connectivity index is 0.872. The van der Waals surface area contributed by atoms with Gasteiger partial charge >= 0.3 is 6.03 Å². The molecular weight excluding hydrogens is 1130 g/mol. The molecule has 6 aromatic carbocycles. The van der Waals surface area contributed by atoms with E-state index in [-0.39, 0.29) is 118 Å². The molecule has 22 heteroatoms. The number of ketones is 1. The molecule has 9 rings (SSSR count). The predicted molar refractivity (Wildman–Crippen MR) is 315 cm³/mol. The van der Waals surface area contributed by atoms with E-state index >= 15 is 13.2 Å². The summed E-state index contributed by atoms with van der Waals surface area (Å²) in [5.41, 5.74) is 4.08. The summed E-state index contributed by atoms with van der Waals surface area (Å²) in [6.07, 6.45) is -0.0465. The van der Waals surface area contributed by atoms with Crippen molar-refractivity contribution in [2.75, 3.05) is 70.2 Å². The summed E-state index contributed by atoms with van der Waals surface area (Å²) in [7, 11) is 2.96. The number of nitrogens with zero attached hydrogens (tertiary/aromatic N) is 6. The molecule has 1 aromatic heterocycles. The van der Waals surface area contributed by atoms with Crippen molar-refractivity contribution < 1.29 is 42.2 Å². The van der Waals surface area contributed by atoms with E-state index in [0.29, 0.717) is 46.2 Å². The first-order valence-electron chi connectivity index (χ1n) is 26.8. The molecule has 2 aliphatic heterocycles. The van der Waals surface area contributed by atoms with E-state index in [1.54, 1.807) is 49.5 Å². The van der Waals surface area contributed by atoms with Gasteiger partial charge in [0.25, 0.3) is 5.91 Å². The van der Waals surface area contributed by atoms with Crippen LogP contribution in [0.4, 0.5) is 29.7 Å². The highest BCUT2D eigenvalue weighted by molar-refractivity contribution is 6.35. The topological polar surface area (TPSA) is 219 Å². The number of phenols is 1. The number of nitrogens with two attached hydrogens (primary N) is 1. The lowest BCUT2D eigenvalue weighted by Gasteiger charge is -2.37. The molecule has 4 amide bonds. The average Bonchev–Trinajstić information content (AvgIpc) is 3.93. The zero-order valence-electron chi connectivity index (χ0n) is 46.1. The van der Waals surface area contributed by atoms with Crippen LogP contribution in [0, 0.1) is 34.2 Å². The molecule has 4 atom stereocenters. The third-order valence-corrected chi connectivity index (χ3v) is 16.2. The number of fused-ring (bicyclic) bond motifs is 2. The zero-order valence-corrected chi connectivity index (χ0v) is 48.3. The average molecular weight is 1190 g/mol. The van der Waals surface area contributed by atoms with E-state index in [4.69, 9.17) is 50.3 Å². The number of nitrogens with one attached hydrogen (secondary N) is 3. The number of rotatable bonds is 17. The first kappa shape index (κ1) is 59.7. The number of aromatic nitrogens is 2. The lowest BCUT2D eigenvalue weighted by molar-refractivity contribution is -0.129. The number of anilines is 2. The Morgan fingerprint density at radius 1 is 0.904 bits per heavy atom. The van der Waals surface area contributed by atoms with Crippen molar-refractivity contribution in [3.8, 4) is 28.7 Å². The van der Waals surface area contributed by atoms with E-state index in [1.165, 1.54) is 65.4 Å². The Kier molecular flexibility index (Phi) is 17.6. The molecule has 2 saturated heterocycles. The zero-order chi connectivity index (χ0) is 59.7. The number of primary amides is 1. The van der Waals surface area contributed by atoms with Gasteiger partial charge in [-0.05, 0) is 82.3 Å². The number of aromatic hydroxyl groups is 1. The summed E-state index contributed by atoms with van der Waals surface area (Å²) >= 11 is 19.4. The van der Waals surface area contributed by atoms with Gasteiger partial charge in [-0.25, -0.2) is 22.9 Å². The number of ether oxygens (including phenoxy) is 1. The quantitative estimate of drug-likeness (QED) is 0.0575. The minimum absolute atomic E-state index is 0.0234. The van der Waals surface area contributed by atoms with Gasteiger partial charge in [0.15, 0.2) is 11.6 Å². The number of urea groups is 1. The number of hydrogen-bond donors (Lipinski definition) is 5. The van der Waals surface area contributed by atoms with Crippen LogP contribution in [0.15, 0.2) is 97.1 Å². The van der Waals surface area contributed by atoms with Gasteiger partial charge in [-0.3, -0.25) is 14.4 Å². The first-order valence-corrected chi connectivity index (χ1v) is 27.9. The predicted octanol–water partition coefficient (Wildman–Crippen LogP) is 10.6. The highest BCUT2D eigenvalue weighted by Crippen LogP contribution is 2.53. The highest BCUT2D eigenvalue weighted by Gasteiger charge is 2.61. The third kappa shape index (κ3) is 12.3. The molecule has 7 aromatic rings. The first-order chi connectivity index (χ1) is 39.5. The fraction of sp³-hybridized carbons (Fsp3) is 0.328. The number of benzene rings is 6. The Bertz CT molecular complexity index is 3740. The summed E-state index contributed by atoms with van der Waals surface area (Å²) in [5, 5.41) is 32.7. The lowest BCUT2D eigenvalue weighted by atomic mass is 9.62. The second kappa shape index (κ2) is 24.5. The second-order valence-corrected chi connectivity index (χ2v) is 23.2. The monoisotopic (exact) mass is 1190 g/mol. The van der Waals surface area contributed by atoms with E-state index in [0.717, 1.165) is 6.07 Å². The number of carbonyl (C=O) groups is 4. The second-order valence-electron chi connectivity index (χ2n) is 21.9. The largest absolute Gasteiger partial charge is 0.508 e. The Morgan fingerprint density at radius 3 is 2.35 bits per heavy atom. The fourth-order valence-corrected chi connectivity index (χ4v) is 12.0. The Morgan fingerprint density at radius 2 is 1.65 bits per heavy atom. The van der Waals surface area contributed by atoms with E-state index in [9.17, 15) is 29.5 Å². The van der Waals surface area contributed by atoms with Crippen molar-refractivity contribution in [2.45, 2.75) is 63.5 Å². The molecule has 0 unspecified atom stereocenters. The molecule has 432 valence electrons. The van der Waals surface area contributed by atoms with Gasteiger partial charge in [-0.15, -0.1) is 0 Å². The maximum Gasteiger partial charge on any atom is 0.314 e. The summed E-state index contributed by atoms with van der Waals surface area (Å²) in [6.45, 7) is 7.26. The molecule has 16 nitrogen and oxygen atoms in total. The van der Waals surface area contributed by atoms with Gasteiger partial charge in [0, 0.05) is 110 Å². The number of phenolic OH excluding ortho intramolecular Hbond substituents is 1. The van der Waals surface area contributed by atoms with Crippen LogP contribution in [-0.2, 0) is 21.4 Å². The fourth-order valence-electron chi connectivity index (χ4n) is 11.4. The van der Waals surface area contributed by atoms with Crippen LogP contribution in [0.5, 0.6) is 11.5 Å². The van der Waals surface area contributed by atoms with Crippen molar-refractivity contribution in [2.24, 2.45) is 11.1 Å². The number of piperazine rings is 1. The summed E-state index contributed by atoms with van der Waals surface area (Å²) in [5.74, 6) is -4.43. The minimum Gasteiger partial charge on any atom is -0.508 e. The molecule has 0 bridgehead atoms. The van der Waals surface area contributed by atoms with Crippen LogP contribution >= 0.6 is 34.8 Å². The SMILES string of the molecule is COc1cc(C(=O)NCCN(C)C(=O)CCNc2nc(N3CCN(C(N)=O)CC3)c3cc(Cl)c(-c4cc(O)cc5ccccc45)c(F)c3n2)ccc1CC(=O)[C@@H]1N[C@@H](CC(C)(C)C)[C@](C#N)(c2ccc(Cl)cc2F)[C@H]1c1cccc(Cl)c1F. The van der Waals surface area contributed by atoms with Crippen LogP contribution in [-0.4, -0.2) is 121 Å². The van der Waals surface area contributed by atoms with Gasteiger partial charge in [-0.1, -0.05) is 104 Å². The highest BCUT2D eigenvalue weighted by atomic mass is 35.5. The maximum atomic E-state index is 17.1. The molecule has 0 radical (unpaired) electrons. The number of Topliss-reactive ketones (excluding diaryl/α,β-unsaturated/α-hetero) is 1. The summed E-state index contributed by atoms with van der Waals surface area (Å²) in [6, 6.07) is 24.3. The number of hydrogen-bond acceptors (Lipinski definition) is 12. The number of nitriles is 1. The van der Waals surface area contributed by atoms with Gasteiger partial charge < -0.3 is 46.2 Å². The van der Waals surface area contributed by atoms with Gasteiger partial charge in [0.1, 0.15) is 39.9 Å². The molecule has 6 N–H and O–H groups in total. The molecule has 3 heterocycles. The molecular formula is C61H60Cl3F3N10O6. The standard InChI is InChI=1S/C61H60Cl3F3N10O6/c1-60(2,3)31-48-61(32-68,42-16-15-36(62)28-45(42)65)51(39-11-8-12-43(63)52(39)66)55(72-48)46(79)26-34-13-14-35(27-47(34)83-5)57(81)70-19-20-75(4)49(80)17-18-71-59-73-54-41(56(74-59)76-21-23-77(24-22-76)58(69)82)30-44(64)50(53(54)67)40-29-37(78)25-33-9-6-7-10-38(33)40/h6-16,25,27-30,48,51,55,72,78H,17-24,26,31H2,1-5H3,(H2,69,82)(H,70,81)(H,71,73,74)/t48-,51-,55-,61-/m0/s1. The molecule has 83 heavy (non-hydrogen) atoms.